The van der Waals surface area contributed by atoms with Crippen LogP contribution in [0.5, 0.6) is 0 Å². The fourth-order valence-corrected chi connectivity index (χ4v) is 4.53. The highest BCUT2D eigenvalue weighted by Gasteiger charge is 2.30. The number of hydrogen-bond donors (Lipinski definition) is 0. The number of nitrogens with zero attached hydrogens (tertiary/aromatic N) is 4. The van der Waals surface area contributed by atoms with Gasteiger partial charge in [-0.3, -0.25) is 9.69 Å². The number of aliphatic imine (C=N–C) groups is 1. The number of thiazole rings is 1. The van der Waals surface area contributed by atoms with Gasteiger partial charge in [0.25, 0.3) is 5.91 Å². The van der Waals surface area contributed by atoms with Gasteiger partial charge in [0.1, 0.15) is 0 Å². The number of amidine groups is 1. The lowest BCUT2D eigenvalue weighted by Crippen LogP contribution is -2.23. The van der Waals surface area contributed by atoms with Crippen LogP contribution in [0.3, 0.4) is 0 Å². The van der Waals surface area contributed by atoms with Gasteiger partial charge in [-0.15, -0.1) is 11.3 Å². The van der Waals surface area contributed by atoms with E-state index in [-0.39, 0.29) is 5.91 Å². The number of benzene rings is 2. The summed E-state index contributed by atoms with van der Waals surface area (Å²) in [5, 5.41) is 3.27. The molecule has 0 atom stereocenters. The monoisotopic (exact) mass is 420 g/mol. The van der Waals surface area contributed by atoms with Crippen LogP contribution in [0, 0.1) is 0 Å². The summed E-state index contributed by atoms with van der Waals surface area (Å²) in [5.74, 6) is -0.0507. The zero-order valence-electron chi connectivity index (χ0n) is 16.4. The molecule has 0 saturated carbocycles. The second-order valence-corrected chi connectivity index (χ2v) is 8.58. The van der Waals surface area contributed by atoms with Gasteiger partial charge in [-0.25, -0.2) is 4.98 Å². The van der Waals surface area contributed by atoms with Crippen LogP contribution in [0.4, 0.5) is 10.8 Å². The molecule has 0 unspecified atom stereocenters. The third-order valence-electron chi connectivity index (χ3n) is 4.46. The van der Waals surface area contributed by atoms with Crippen molar-refractivity contribution >= 4 is 51.1 Å². The molecule has 2 aromatic carbocycles. The minimum absolute atomic E-state index is 0.0507. The smallest absolute Gasteiger partial charge is 0.266 e. The zero-order valence-corrected chi connectivity index (χ0v) is 18.0. The number of amides is 1. The maximum absolute atomic E-state index is 12.6. The molecule has 0 aliphatic carbocycles. The van der Waals surface area contributed by atoms with Crippen molar-refractivity contribution in [1.29, 1.82) is 0 Å². The third-order valence-corrected chi connectivity index (χ3v) is 6.26. The summed E-state index contributed by atoms with van der Waals surface area (Å²) < 4.78 is 0. The SMILES string of the molecule is CN1C(=O)/C(=C/c2ccc(N(C)C)cc2)S/C1=N/c1nc(-c2ccccc2)cs1. The molecule has 1 aliphatic heterocycles. The van der Waals surface area contributed by atoms with E-state index in [0.717, 1.165) is 22.5 Å². The minimum atomic E-state index is -0.0507. The Balaban J connectivity index is 1.55. The summed E-state index contributed by atoms with van der Waals surface area (Å²) in [5.41, 5.74) is 4.06. The Labute approximate surface area is 178 Å². The van der Waals surface area contributed by atoms with Crippen molar-refractivity contribution in [3.05, 3.63) is 70.4 Å². The Morgan fingerprint density at radius 1 is 1.07 bits per heavy atom. The molecule has 0 N–H and O–H groups in total. The highest BCUT2D eigenvalue weighted by Crippen LogP contribution is 2.35. The normalized spacial score (nSPS) is 16.8. The summed E-state index contributed by atoms with van der Waals surface area (Å²) in [6.07, 6.45) is 1.91. The molecular weight excluding hydrogens is 400 g/mol. The quantitative estimate of drug-likeness (QED) is 0.550. The Bertz CT molecular complexity index is 1090. The highest BCUT2D eigenvalue weighted by molar-refractivity contribution is 8.18. The molecule has 2 heterocycles. The lowest BCUT2D eigenvalue weighted by molar-refractivity contribution is -0.121. The summed E-state index contributed by atoms with van der Waals surface area (Å²) in [6, 6.07) is 18.1. The number of likely N-dealkylation sites (N-methyl/N-ethyl adjacent to an activating group) is 1. The third kappa shape index (κ3) is 4.26. The lowest BCUT2D eigenvalue weighted by Gasteiger charge is -2.11. The van der Waals surface area contributed by atoms with Crippen molar-refractivity contribution < 1.29 is 4.79 Å². The number of anilines is 1. The minimum Gasteiger partial charge on any atom is -0.378 e. The summed E-state index contributed by atoms with van der Waals surface area (Å²) >= 11 is 2.85. The van der Waals surface area contributed by atoms with Gasteiger partial charge in [0.2, 0.25) is 5.13 Å². The predicted octanol–water partition coefficient (Wildman–Crippen LogP) is 5.11. The maximum atomic E-state index is 12.6. The molecule has 7 heteroatoms. The Morgan fingerprint density at radius 3 is 2.48 bits per heavy atom. The molecule has 4 rings (SSSR count). The van der Waals surface area contributed by atoms with Crippen LogP contribution in [0.1, 0.15) is 5.56 Å². The van der Waals surface area contributed by atoms with Crippen LogP contribution >= 0.6 is 23.1 Å². The van der Waals surface area contributed by atoms with Crippen LogP contribution in [0.15, 0.2) is 69.9 Å². The van der Waals surface area contributed by atoms with Crippen LogP contribution in [-0.4, -0.2) is 42.1 Å². The molecule has 146 valence electrons. The molecule has 1 fully saturated rings. The van der Waals surface area contributed by atoms with Crippen LogP contribution in [0.2, 0.25) is 0 Å². The van der Waals surface area contributed by atoms with Crippen molar-refractivity contribution in [2.45, 2.75) is 0 Å². The Hall–Kier alpha value is -2.90. The average Bonchev–Trinajstić information content (AvgIpc) is 3.30. The number of thioether (sulfide) groups is 1. The van der Waals surface area contributed by atoms with Crippen molar-refractivity contribution in [1.82, 2.24) is 9.88 Å². The molecule has 1 aliphatic rings. The number of hydrogen-bond acceptors (Lipinski definition) is 6. The van der Waals surface area contributed by atoms with Gasteiger partial charge in [0.05, 0.1) is 10.6 Å². The van der Waals surface area contributed by atoms with Gasteiger partial charge in [0.15, 0.2) is 5.17 Å². The van der Waals surface area contributed by atoms with Crippen LogP contribution in [-0.2, 0) is 4.79 Å². The fraction of sp³-hybridized carbons (Fsp3) is 0.136. The number of aromatic nitrogens is 1. The molecule has 1 amide bonds. The van der Waals surface area contributed by atoms with Gasteiger partial charge in [0, 0.05) is 37.8 Å². The number of carbonyl (C=O) groups excluding carboxylic acids is 1. The molecule has 1 saturated heterocycles. The first kappa shape index (κ1) is 19.4. The molecule has 0 spiro atoms. The topological polar surface area (TPSA) is 48.8 Å². The van der Waals surface area contributed by atoms with Crippen molar-refractivity contribution in [2.24, 2.45) is 4.99 Å². The van der Waals surface area contributed by atoms with Crippen molar-refractivity contribution in [3.63, 3.8) is 0 Å². The van der Waals surface area contributed by atoms with E-state index in [1.54, 1.807) is 11.9 Å². The molecule has 1 aromatic heterocycles. The van der Waals surface area contributed by atoms with Crippen LogP contribution < -0.4 is 4.90 Å². The van der Waals surface area contributed by atoms with E-state index in [9.17, 15) is 4.79 Å². The highest BCUT2D eigenvalue weighted by atomic mass is 32.2. The standard InChI is InChI=1S/C22H20N4OS2/c1-25(2)17-11-9-15(10-12-17)13-19-20(27)26(3)22(29-19)24-21-23-18(14-28-21)16-7-5-4-6-8-16/h4-14H,1-3H3/b19-13-,24-22+. The van der Waals surface area contributed by atoms with E-state index in [1.165, 1.54) is 23.1 Å². The lowest BCUT2D eigenvalue weighted by atomic mass is 10.2. The molecule has 0 radical (unpaired) electrons. The van der Waals surface area contributed by atoms with Crippen molar-refractivity contribution in [2.75, 3.05) is 26.0 Å². The summed E-state index contributed by atoms with van der Waals surface area (Å²) in [7, 11) is 5.75. The van der Waals surface area contributed by atoms with Crippen LogP contribution in [0.25, 0.3) is 17.3 Å². The van der Waals surface area contributed by atoms with E-state index >= 15 is 0 Å². The van der Waals surface area contributed by atoms with Crippen molar-refractivity contribution in [3.8, 4) is 11.3 Å². The first-order chi connectivity index (χ1) is 14.0. The Morgan fingerprint density at radius 2 is 1.79 bits per heavy atom. The number of carbonyl (C=O) groups is 1. The molecule has 3 aromatic rings. The van der Waals surface area contributed by atoms with E-state index in [1.807, 2.05) is 85.0 Å². The molecule has 29 heavy (non-hydrogen) atoms. The van der Waals surface area contributed by atoms with E-state index in [4.69, 9.17) is 0 Å². The zero-order chi connectivity index (χ0) is 20.4. The van der Waals surface area contributed by atoms with Gasteiger partial charge >= 0.3 is 0 Å². The maximum Gasteiger partial charge on any atom is 0.266 e. The van der Waals surface area contributed by atoms with Gasteiger partial charge < -0.3 is 4.90 Å². The van der Waals surface area contributed by atoms with E-state index < -0.39 is 0 Å². The Kier molecular flexibility index (Phi) is 5.51. The fourth-order valence-electron chi connectivity index (χ4n) is 2.81. The number of rotatable bonds is 4. The molecule has 0 bridgehead atoms. The van der Waals surface area contributed by atoms with E-state index in [0.29, 0.717) is 15.2 Å². The second kappa shape index (κ2) is 8.23. The molecule has 5 nitrogen and oxygen atoms in total. The predicted molar refractivity (Wildman–Crippen MR) is 124 cm³/mol. The first-order valence-corrected chi connectivity index (χ1v) is 10.8. The largest absolute Gasteiger partial charge is 0.378 e. The van der Waals surface area contributed by atoms with Gasteiger partial charge in [-0.2, -0.15) is 4.99 Å². The summed E-state index contributed by atoms with van der Waals surface area (Å²) in [4.78, 5) is 26.1. The average molecular weight is 421 g/mol. The van der Waals surface area contributed by atoms with E-state index in [2.05, 4.69) is 9.98 Å². The van der Waals surface area contributed by atoms with Gasteiger partial charge in [-0.05, 0) is 35.5 Å². The molecular formula is C22H20N4OS2. The van der Waals surface area contributed by atoms with Gasteiger partial charge in [-0.1, -0.05) is 42.5 Å². The first-order valence-electron chi connectivity index (χ1n) is 9.06. The summed E-state index contributed by atoms with van der Waals surface area (Å²) in [6.45, 7) is 0. The second-order valence-electron chi connectivity index (χ2n) is 6.74.